The van der Waals surface area contributed by atoms with E-state index < -0.39 is 0 Å². The topological polar surface area (TPSA) is 116 Å². The van der Waals surface area contributed by atoms with E-state index in [0.29, 0.717) is 24.3 Å². The van der Waals surface area contributed by atoms with Gasteiger partial charge in [0.15, 0.2) is 0 Å². The monoisotopic (exact) mass is 324 g/mol. The van der Waals surface area contributed by atoms with Crippen molar-refractivity contribution in [3.63, 3.8) is 0 Å². The Morgan fingerprint density at radius 1 is 1.04 bits per heavy atom. The van der Waals surface area contributed by atoms with Crippen LogP contribution < -0.4 is 10.6 Å². The van der Waals surface area contributed by atoms with Crippen LogP contribution in [0.15, 0.2) is 49.2 Å². The summed E-state index contributed by atoms with van der Waals surface area (Å²) in [7, 11) is 0. The second kappa shape index (κ2) is 7.23. The quantitative estimate of drug-likeness (QED) is 0.541. The van der Waals surface area contributed by atoms with E-state index in [2.05, 4.69) is 30.8 Å². The van der Waals surface area contributed by atoms with Crippen molar-refractivity contribution in [3.05, 3.63) is 71.6 Å². The molecule has 3 rings (SSSR count). The molecule has 0 atom stereocenters. The Hall–Kier alpha value is -3.42. The van der Waals surface area contributed by atoms with E-state index >= 15 is 0 Å². The molecule has 4 N–H and O–H groups in total. The van der Waals surface area contributed by atoms with Crippen LogP contribution in [0.1, 0.15) is 32.0 Å². The number of amides is 2. The molecular weight excluding hydrogens is 308 g/mol. The largest absolute Gasteiger partial charge is 0.348 e. The van der Waals surface area contributed by atoms with Gasteiger partial charge in [-0.25, -0.2) is 4.98 Å². The lowest BCUT2D eigenvalue weighted by Crippen LogP contribution is -2.24. The Bertz CT molecular complexity index is 745. The summed E-state index contributed by atoms with van der Waals surface area (Å²) < 4.78 is 0. The van der Waals surface area contributed by atoms with Gasteiger partial charge in [-0.15, -0.1) is 0 Å². The van der Waals surface area contributed by atoms with Crippen LogP contribution in [0.2, 0.25) is 0 Å². The molecule has 0 fully saturated rings. The number of nitrogens with one attached hydrogen (secondary N) is 4. The first-order valence-electron chi connectivity index (χ1n) is 7.34. The molecule has 3 aromatic rings. The van der Waals surface area contributed by atoms with E-state index in [-0.39, 0.29) is 11.8 Å². The van der Waals surface area contributed by atoms with E-state index in [4.69, 9.17) is 0 Å². The molecule has 0 unspecified atom stereocenters. The molecule has 2 heterocycles. The molecule has 0 aliphatic carbocycles. The molecule has 2 amide bonds. The molecule has 1 aromatic carbocycles. The van der Waals surface area contributed by atoms with Gasteiger partial charge in [-0.05, 0) is 11.1 Å². The number of carbonyl (C=O) groups excluding carboxylic acids is 2. The number of hydrogen-bond donors (Lipinski definition) is 4. The second-order valence-corrected chi connectivity index (χ2v) is 5.14. The van der Waals surface area contributed by atoms with Gasteiger partial charge in [-0.2, -0.15) is 5.10 Å². The molecule has 122 valence electrons. The maximum absolute atomic E-state index is 11.9. The van der Waals surface area contributed by atoms with E-state index in [1.165, 1.54) is 24.9 Å². The van der Waals surface area contributed by atoms with Gasteiger partial charge in [0, 0.05) is 19.3 Å². The van der Waals surface area contributed by atoms with Crippen LogP contribution in [0.3, 0.4) is 0 Å². The number of H-pyrrole nitrogens is 2. The van der Waals surface area contributed by atoms with E-state index in [0.717, 1.165) is 11.1 Å². The highest BCUT2D eigenvalue weighted by atomic mass is 16.2. The summed E-state index contributed by atoms with van der Waals surface area (Å²) in [4.78, 5) is 30.3. The molecule has 8 nitrogen and oxygen atoms in total. The molecule has 0 spiro atoms. The van der Waals surface area contributed by atoms with Crippen molar-refractivity contribution in [1.29, 1.82) is 0 Å². The SMILES string of the molecule is O=C(NCc1cccc(CNC(=O)c2cnc[nH]2)c1)c1cn[nH]c1. The first-order chi connectivity index (χ1) is 11.7. The average molecular weight is 324 g/mol. The van der Waals surface area contributed by atoms with Crippen LogP contribution in [0, 0.1) is 0 Å². The van der Waals surface area contributed by atoms with Gasteiger partial charge in [0.05, 0.1) is 24.3 Å². The Balaban J connectivity index is 1.54. The standard InChI is InChI=1S/C16H16N6O2/c23-15(13-7-21-22-8-13)18-5-11-2-1-3-12(4-11)6-19-16(24)14-9-17-10-20-14/h1-4,7-10H,5-6H2,(H,17,20)(H,18,23)(H,19,24)(H,21,22). The molecule has 0 saturated heterocycles. The van der Waals surface area contributed by atoms with Crippen molar-refractivity contribution in [2.75, 3.05) is 0 Å². The van der Waals surface area contributed by atoms with E-state index in [1.807, 2.05) is 24.3 Å². The molecule has 0 aliphatic rings. The first-order valence-corrected chi connectivity index (χ1v) is 7.34. The third-order valence-corrected chi connectivity index (χ3v) is 3.40. The second-order valence-electron chi connectivity index (χ2n) is 5.14. The molecule has 0 radical (unpaired) electrons. The summed E-state index contributed by atoms with van der Waals surface area (Å²) in [6.45, 7) is 0.785. The van der Waals surface area contributed by atoms with Gasteiger partial charge in [0.25, 0.3) is 11.8 Å². The van der Waals surface area contributed by atoms with E-state index in [9.17, 15) is 9.59 Å². The summed E-state index contributed by atoms with van der Waals surface area (Å²) >= 11 is 0. The normalized spacial score (nSPS) is 10.3. The maximum atomic E-state index is 11.9. The maximum Gasteiger partial charge on any atom is 0.269 e. The van der Waals surface area contributed by atoms with Crippen molar-refractivity contribution in [3.8, 4) is 0 Å². The first kappa shape index (κ1) is 15.5. The summed E-state index contributed by atoms with van der Waals surface area (Å²) in [6.07, 6.45) is 5.93. The number of aromatic nitrogens is 4. The lowest BCUT2D eigenvalue weighted by atomic mass is 10.1. The number of benzene rings is 1. The molecular formula is C16H16N6O2. The summed E-state index contributed by atoms with van der Waals surface area (Å²) in [6, 6.07) is 7.64. The Morgan fingerprint density at radius 2 is 1.79 bits per heavy atom. The molecule has 8 heteroatoms. The fraction of sp³-hybridized carbons (Fsp3) is 0.125. The van der Waals surface area contributed by atoms with Gasteiger partial charge >= 0.3 is 0 Å². The van der Waals surface area contributed by atoms with Crippen molar-refractivity contribution in [1.82, 2.24) is 30.8 Å². The summed E-state index contributed by atoms with van der Waals surface area (Å²) in [5.74, 6) is -0.409. The van der Waals surface area contributed by atoms with Crippen LogP contribution in [-0.2, 0) is 13.1 Å². The van der Waals surface area contributed by atoms with Gasteiger partial charge < -0.3 is 15.6 Å². The highest BCUT2D eigenvalue weighted by molar-refractivity contribution is 5.93. The van der Waals surface area contributed by atoms with Crippen molar-refractivity contribution >= 4 is 11.8 Å². The zero-order valence-corrected chi connectivity index (χ0v) is 12.7. The molecule has 0 saturated carbocycles. The van der Waals surface area contributed by atoms with Crippen LogP contribution in [0.4, 0.5) is 0 Å². The predicted molar refractivity (Wildman–Crippen MR) is 86.0 cm³/mol. The fourth-order valence-corrected chi connectivity index (χ4v) is 2.17. The fourth-order valence-electron chi connectivity index (χ4n) is 2.17. The number of aromatic amines is 2. The van der Waals surface area contributed by atoms with Crippen LogP contribution in [0.25, 0.3) is 0 Å². The smallest absolute Gasteiger partial charge is 0.269 e. The highest BCUT2D eigenvalue weighted by Crippen LogP contribution is 2.06. The van der Waals surface area contributed by atoms with Crippen LogP contribution in [0.5, 0.6) is 0 Å². The van der Waals surface area contributed by atoms with Crippen molar-refractivity contribution in [2.24, 2.45) is 0 Å². The number of rotatable bonds is 6. The van der Waals surface area contributed by atoms with Gasteiger partial charge in [-0.3, -0.25) is 14.7 Å². The van der Waals surface area contributed by atoms with Crippen molar-refractivity contribution < 1.29 is 9.59 Å². The minimum absolute atomic E-state index is 0.193. The molecule has 0 bridgehead atoms. The summed E-state index contributed by atoms with van der Waals surface area (Å²) in [5, 5.41) is 12.0. The Kier molecular flexibility index (Phi) is 4.66. The third-order valence-electron chi connectivity index (χ3n) is 3.40. The van der Waals surface area contributed by atoms with Crippen molar-refractivity contribution in [2.45, 2.75) is 13.1 Å². The molecule has 2 aromatic heterocycles. The number of nitrogens with zero attached hydrogens (tertiary/aromatic N) is 2. The highest BCUT2D eigenvalue weighted by Gasteiger charge is 2.08. The van der Waals surface area contributed by atoms with Gasteiger partial charge in [-0.1, -0.05) is 24.3 Å². The lowest BCUT2D eigenvalue weighted by molar-refractivity contribution is 0.0941. The lowest BCUT2D eigenvalue weighted by Gasteiger charge is -2.08. The number of carbonyl (C=O) groups is 2. The predicted octanol–water partition coefficient (Wildman–Crippen LogP) is 0.993. The molecule has 24 heavy (non-hydrogen) atoms. The Morgan fingerprint density at radius 3 is 2.42 bits per heavy atom. The Labute approximate surface area is 137 Å². The van der Waals surface area contributed by atoms with Crippen LogP contribution in [-0.4, -0.2) is 32.0 Å². The molecule has 0 aliphatic heterocycles. The van der Waals surface area contributed by atoms with Crippen LogP contribution >= 0.6 is 0 Å². The van der Waals surface area contributed by atoms with E-state index in [1.54, 1.807) is 0 Å². The zero-order chi connectivity index (χ0) is 16.8. The third kappa shape index (κ3) is 3.86. The minimum Gasteiger partial charge on any atom is -0.348 e. The summed E-state index contributed by atoms with van der Waals surface area (Å²) in [5.41, 5.74) is 2.79. The minimum atomic E-state index is -0.217. The average Bonchev–Trinajstić information content (AvgIpc) is 3.31. The van der Waals surface area contributed by atoms with Gasteiger partial charge in [0.1, 0.15) is 5.69 Å². The zero-order valence-electron chi connectivity index (χ0n) is 12.7. The van der Waals surface area contributed by atoms with Gasteiger partial charge in [0.2, 0.25) is 0 Å². The number of hydrogen-bond acceptors (Lipinski definition) is 4. The number of imidazole rings is 1.